The summed E-state index contributed by atoms with van der Waals surface area (Å²) in [5, 5.41) is 3.52. The largest absolute Gasteiger partial charge is 0.380 e. The van der Waals surface area contributed by atoms with E-state index in [0.29, 0.717) is 6.10 Å². The molecule has 2 rings (SSSR count). The number of nitrogens with zero attached hydrogens (tertiary/aromatic N) is 1. The Morgan fingerprint density at radius 1 is 1.47 bits per heavy atom. The Morgan fingerprint density at radius 3 is 2.93 bits per heavy atom. The van der Waals surface area contributed by atoms with Crippen molar-refractivity contribution in [1.82, 2.24) is 10.2 Å². The van der Waals surface area contributed by atoms with Crippen molar-refractivity contribution in [2.75, 3.05) is 33.3 Å². The maximum atomic E-state index is 5.37. The van der Waals surface area contributed by atoms with Crippen molar-refractivity contribution >= 4 is 0 Å². The van der Waals surface area contributed by atoms with E-state index in [1.165, 1.54) is 26.1 Å². The van der Waals surface area contributed by atoms with E-state index in [2.05, 4.69) is 24.1 Å². The predicted octanol–water partition coefficient (Wildman–Crippen LogP) is 0.951. The minimum Gasteiger partial charge on any atom is -0.380 e. The summed E-state index contributed by atoms with van der Waals surface area (Å²) in [6, 6.07) is 0.780. The van der Waals surface area contributed by atoms with Crippen molar-refractivity contribution in [2.45, 2.75) is 32.4 Å². The molecule has 88 valence electrons. The molecule has 0 radical (unpaired) electrons. The molecule has 0 amide bonds. The van der Waals surface area contributed by atoms with Crippen molar-refractivity contribution in [3.8, 4) is 0 Å². The molecule has 2 heterocycles. The zero-order chi connectivity index (χ0) is 10.8. The van der Waals surface area contributed by atoms with Crippen LogP contribution in [0.1, 0.15) is 20.3 Å². The van der Waals surface area contributed by atoms with Crippen molar-refractivity contribution in [2.24, 2.45) is 11.8 Å². The van der Waals surface area contributed by atoms with Gasteiger partial charge in [0.25, 0.3) is 0 Å². The average Bonchev–Trinajstić information content (AvgIpc) is 2.77. The Hall–Kier alpha value is -0.120. The maximum Gasteiger partial charge on any atom is 0.0670 e. The van der Waals surface area contributed by atoms with Crippen LogP contribution in [0.2, 0.25) is 0 Å². The van der Waals surface area contributed by atoms with Crippen LogP contribution in [0.25, 0.3) is 0 Å². The second-order valence-corrected chi connectivity index (χ2v) is 5.06. The second kappa shape index (κ2) is 4.81. The summed E-state index contributed by atoms with van der Waals surface area (Å²) in [4.78, 5) is 2.64. The lowest BCUT2D eigenvalue weighted by Crippen LogP contribution is -2.39. The van der Waals surface area contributed by atoms with Gasteiger partial charge in [-0.1, -0.05) is 6.92 Å². The summed E-state index contributed by atoms with van der Waals surface area (Å²) in [5.74, 6) is 1.78. The van der Waals surface area contributed by atoms with E-state index in [-0.39, 0.29) is 0 Å². The van der Waals surface area contributed by atoms with Gasteiger partial charge in [-0.3, -0.25) is 4.90 Å². The van der Waals surface area contributed by atoms with Crippen LogP contribution in [0.15, 0.2) is 0 Å². The number of nitrogens with one attached hydrogen (secondary N) is 1. The lowest BCUT2D eigenvalue weighted by Gasteiger charge is -2.28. The Morgan fingerprint density at radius 2 is 2.27 bits per heavy atom. The molecule has 0 bridgehead atoms. The van der Waals surface area contributed by atoms with E-state index < -0.39 is 0 Å². The van der Waals surface area contributed by atoms with Gasteiger partial charge < -0.3 is 10.1 Å². The number of methoxy groups -OCH3 is 1. The molecule has 4 unspecified atom stereocenters. The van der Waals surface area contributed by atoms with Gasteiger partial charge in [-0.2, -0.15) is 0 Å². The molecule has 3 nitrogen and oxygen atoms in total. The fourth-order valence-electron chi connectivity index (χ4n) is 3.29. The van der Waals surface area contributed by atoms with E-state index in [1.807, 2.05) is 7.11 Å². The van der Waals surface area contributed by atoms with Gasteiger partial charge in [0, 0.05) is 26.2 Å². The van der Waals surface area contributed by atoms with Crippen molar-refractivity contribution in [3.05, 3.63) is 0 Å². The molecular weight excluding hydrogens is 188 g/mol. The first-order valence-electron chi connectivity index (χ1n) is 6.23. The molecule has 2 fully saturated rings. The number of likely N-dealkylation sites (tertiary alicyclic amines) is 1. The quantitative estimate of drug-likeness (QED) is 0.751. The maximum absolute atomic E-state index is 5.37. The van der Waals surface area contributed by atoms with Gasteiger partial charge in [0.1, 0.15) is 0 Å². The fourth-order valence-corrected chi connectivity index (χ4v) is 3.29. The highest BCUT2D eigenvalue weighted by atomic mass is 16.5. The Labute approximate surface area is 93.2 Å². The lowest BCUT2D eigenvalue weighted by molar-refractivity contribution is 0.0671. The zero-order valence-electron chi connectivity index (χ0n) is 10.2. The highest BCUT2D eigenvalue weighted by Crippen LogP contribution is 2.34. The molecule has 0 aliphatic carbocycles. The SMILES string of the molecule is CCC1C2CNCC2CN1CC(C)OC. The highest BCUT2D eigenvalue weighted by Gasteiger charge is 2.43. The minimum atomic E-state index is 0.367. The van der Waals surface area contributed by atoms with Gasteiger partial charge in [-0.15, -0.1) is 0 Å². The molecule has 0 saturated carbocycles. The third-order valence-electron chi connectivity index (χ3n) is 4.14. The van der Waals surface area contributed by atoms with Crippen molar-refractivity contribution in [1.29, 1.82) is 0 Å². The second-order valence-electron chi connectivity index (χ2n) is 5.06. The Balaban J connectivity index is 1.95. The first-order chi connectivity index (χ1) is 7.26. The third-order valence-corrected chi connectivity index (χ3v) is 4.14. The van der Waals surface area contributed by atoms with Crippen LogP contribution in [0, 0.1) is 11.8 Å². The van der Waals surface area contributed by atoms with E-state index in [9.17, 15) is 0 Å². The van der Waals surface area contributed by atoms with Crippen LogP contribution in [0.3, 0.4) is 0 Å². The minimum absolute atomic E-state index is 0.367. The summed E-state index contributed by atoms with van der Waals surface area (Å²) in [6.45, 7) is 9.29. The van der Waals surface area contributed by atoms with E-state index in [1.54, 1.807) is 0 Å². The smallest absolute Gasteiger partial charge is 0.0670 e. The monoisotopic (exact) mass is 212 g/mol. The van der Waals surface area contributed by atoms with Gasteiger partial charge in [-0.25, -0.2) is 0 Å². The van der Waals surface area contributed by atoms with Crippen LogP contribution in [-0.2, 0) is 4.74 Å². The van der Waals surface area contributed by atoms with Crippen LogP contribution in [0.4, 0.5) is 0 Å². The molecule has 15 heavy (non-hydrogen) atoms. The topological polar surface area (TPSA) is 24.5 Å². The van der Waals surface area contributed by atoms with E-state index >= 15 is 0 Å². The summed E-state index contributed by atoms with van der Waals surface area (Å²) >= 11 is 0. The molecule has 0 aromatic heterocycles. The van der Waals surface area contributed by atoms with E-state index in [0.717, 1.165) is 24.4 Å². The van der Waals surface area contributed by atoms with Gasteiger partial charge in [0.15, 0.2) is 0 Å². The molecule has 4 atom stereocenters. The van der Waals surface area contributed by atoms with Crippen LogP contribution in [0.5, 0.6) is 0 Å². The number of ether oxygens (including phenoxy) is 1. The first-order valence-corrected chi connectivity index (χ1v) is 6.23. The lowest BCUT2D eigenvalue weighted by atomic mass is 9.93. The third kappa shape index (κ3) is 2.19. The molecule has 0 spiro atoms. The summed E-state index contributed by atoms with van der Waals surface area (Å²) in [6.07, 6.45) is 1.64. The van der Waals surface area contributed by atoms with Gasteiger partial charge in [-0.05, 0) is 38.3 Å². The highest BCUT2D eigenvalue weighted by molar-refractivity contribution is 4.98. The van der Waals surface area contributed by atoms with Crippen LogP contribution in [-0.4, -0.2) is 50.3 Å². The molecular formula is C12H24N2O. The fraction of sp³-hybridized carbons (Fsp3) is 1.00. The molecule has 0 aromatic rings. The van der Waals surface area contributed by atoms with Gasteiger partial charge in [0.2, 0.25) is 0 Å². The summed E-state index contributed by atoms with van der Waals surface area (Å²) in [7, 11) is 1.81. The molecule has 2 aliphatic heterocycles. The first kappa shape index (κ1) is 11.4. The summed E-state index contributed by atoms with van der Waals surface area (Å²) < 4.78 is 5.37. The molecule has 2 aliphatic rings. The normalized spacial score (nSPS) is 38.2. The summed E-state index contributed by atoms with van der Waals surface area (Å²) in [5.41, 5.74) is 0. The van der Waals surface area contributed by atoms with E-state index in [4.69, 9.17) is 4.74 Å². The molecule has 3 heteroatoms. The van der Waals surface area contributed by atoms with Crippen molar-refractivity contribution < 1.29 is 4.74 Å². The van der Waals surface area contributed by atoms with Crippen LogP contribution < -0.4 is 5.32 Å². The number of fused-ring (bicyclic) bond motifs is 1. The number of hydrogen-bond acceptors (Lipinski definition) is 3. The molecule has 0 aromatic carbocycles. The predicted molar refractivity (Wildman–Crippen MR) is 62.0 cm³/mol. The Bertz CT molecular complexity index is 208. The standard InChI is InChI=1S/C12H24N2O/c1-4-12-11-6-13-5-10(11)8-14(12)7-9(2)15-3/h9-13H,4-8H2,1-3H3. The zero-order valence-corrected chi connectivity index (χ0v) is 10.2. The number of hydrogen-bond donors (Lipinski definition) is 1. The van der Waals surface area contributed by atoms with Crippen LogP contribution >= 0.6 is 0 Å². The molecule has 1 N–H and O–H groups in total. The van der Waals surface area contributed by atoms with Gasteiger partial charge >= 0.3 is 0 Å². The average molecular weight is 212 g/mol. The Kier molecular flexibility index (Phi) is 3.65. The van der Waals surface area contributed by atoms with Gasteiger partial charge in [0.05, 0.1) is 6.10 Å². The number of rotatable bonds is 4. The van der Waals surface area contributed by atoms with Crippen molar-refractivity contribution in [3.63, 3.8) is 0 Å². The molecule has 2 saturated heterocycles.